The zero-order valence-electron chi connectivity index (χ0n) is 12.3. The third-order valence-corrected chi connectivity index (χ3v) is 4.22. The summed E-state index contributed by atoms with van der Waals surface area (Å²) in [7, 11) is 1.70. The molecule has 112 valence electrons. The Bertz CT molecular complexity index is 414. The van der Waals surface area contributed by atoms with E-state index in [9.17, 15) is 0 Å². The molecule has 1 saturated heterocycles. The third kappa shape index (κ3) is 3.96. The summed E-state index contributed by atoms with van der Waals surface area (Å²) < 4.78 is 17.5. The van der Waals surface area contributed by atoms with Crippen LogP contribution in [0.4, 0.5) is 0 Å². The molecule has 3 unspecified atom stereocenters. The standard InChI is InChI=1S/C16H23BrO3/c1-11-8-13(9-12(2)19-11)20-16(10-17)14-6-4-5-7-15(14)18-3/h4-7,11-13,16H,8-10H2,1-3H3. The molecule has 0 spiro atoms. The van der Waals surface area contributed by atoms with Gasteiger partial charge in [0.2, 0.25) is 0 Å². The largest absolute Gasteiger partial charge is 0.496 e. The zero-order chi connectivity index (χ0) is 14.5. The molecule has 1 aliphatic heterocycles. The fourth-order valence-electron chi connectivity index (χ4n) is 2.81. The Morgan fingerprint density at radius 3 is 2.50 bits per heavy atom. The molecule has 0 N–H and O–H groups in total. The van der Waals surface area contributed by atoms with Crippen LogP contribution >= 0.6 is 15.9 Å². The molecule has 3 nitrogen and oxygen atoms in total. The second kappa shape index (κ2) is 7.43. The maximum Gasteiger partial charge on any atom is 0.124 e. The van der Waals surface area contributed by atoms with Crippen molar-refractivity contribution >= 4 is 15.9 Å². The quantitative estimate of drug-likeness (QED) is 0.754. The molecule has 1 aromatic rings. The maximum absolute atomic E-state index is 6.30. The van der Waals surface area contributed by atoms with Crippen molar-refractivity contribution in [2.45, 2.75) is 51.1 Å². The lowest BCUT2D eigenvalue weighted by atomic mass is 10.0. The van der Waals surface area contributed by atoms with Crippen LogP contribution in [-0.4, -0.2) is 30.8 Å². The van der Waals surface area contributed by atoms with Crippen molar-refractivity contribution in [1.82, 2.24) is 0 Å². The zero-order valence-corrected chi connectivity index (χ0v) is 13.9. The minimum absolute atomic E-state index is 0.00801. The minimum atomic E-state index is 0.00801. The van der Waals surface area contributed by atoms with Crippen LogP contribution in [0.2, 0.25) is 0 Å². The number of ether oxygens (including phenoxy) is 3. The molecule has 1 fully saturated rings. The molecular weight excluding hydrogens is 320 g/mol. The number of alkyl halides is 1. The molecule has 0 amide bonds. The predicted molar refractivity (Wildman–Crippen MR) is 83.6 cm³/mol. The fraction of sp³-hybridized carbons (Fsp3) is 0.625. The average Bonchev–Trinajstić information content (AvgIpc) is 2.43. The normalized spacial score (nSPS) is 28.1. The first-order chi connectivity index (χ1) is 9.63. The molecule has 2 rings (SSSR count). The first-order valence-electron chi connectivity index (χ1n) is 7.13. The monoisotopic (exact) mass is 342 g/mol. The lowest BCUT2D eigenvalue weighted by molar-refractivity contribution is -0.118. The molecule has 0 aromatic heterocycles. The van der Waals surface area contributed by atoms with Gasteiger partial charge in [-0.15, -0.1) is 0 Å². The van der Waals surface area contributed by atoms with Gasteiger partial charge < -0.3 is 14.2 Å². The van der Waals surface area contributed by atoms with E-state index in [2.05, 4.69) is 35.8 Å². The van der Waals surface area contributed by atoms with Gasteiger partial charge in [0, 0.05) is 10.9 Å². The van der Waals surface area contributed by atoms with E-state index in [-0.39, 0.29) is 24.4 Å². The summed E-state index contributed by atoms with van der Waals surface area (Å²) in [4.78, 5) is 0. The highest BCUT2D eigenvalue weighted by Crippen LogP contribution is 2.33. The van der Waals surface area contributed by atoms with E-state index in [4.69, 9.17) is 14.2 Å². The van der Waals surface area contributed by atoms with Gasteiger partial charge in [-0.05, 0) is 32.8 Å². The summed E-state index contributed by atoms with van der Waals surface area (Å²) in [6.07, 6.45) is 2.66. The van der Waals surface area contributed by atoms with Crippen LogP contribution in [0.25, 0.3) is 0 Å². The summed E-state index contributed by atoms with van der Waals surface area (Å²) in [6, 6.07) is 8.04. The molecule has 0 aliphatic carbocycles. The summed E-state index contributed by atoms with van der Waals surface area (Å²) in [5.41, 5.74) is 1.10. The Morgan fingerprint density at radius 2 is 1.90 bits per heavy atom. The predicted octanol–water partition coefficient (Wildman–Crippen LogP) is 4.10. The van der Waals surface area contributed by atoms with E-state index < -0.39 is 0 Å². The van der Waals surface area contributed by atoms with Gasteiger partial charge in [-0.25, -0.2) is 0 Å². The van der Waals surface area contributed by atoms with Crippen molar-refractivity contribution < 1.29 is 14.2 Å². The topological polar surface area (TPSA) is 27.7 Å². The second-order valence-corrected chi connectivity index (χ2v) is 6.02. The van der Waals surface area contributed by atoms with Crippen molar-refractivity contribution in [2.24, 2.45) is 0 Å². The van der Waals surface area contributed by atoms with Gasteiger partial charge in [0.25, 0.3) is 0 Å². The van der Waals surface area contributed by atoms with Gasteiger partial charge in [-0.3, -0.25) is 0 Å². The summed E-state index contributed by atoms with van der Waals surface area (Å²) in [5, 5.41) is 0.757. The maximum atomic E-state index is 6.30. The van der Waals surface area contributed by atoms with Crippen molar-refractivity contribution in [3.8, 4) is 5.75 Å². The first-order valence-corrected chi connectivity index (χ1v) is 8.26. The average molecular weight is 343 g/mol. The van der Waals surface area contributed by atoms with Crippen LogP contribution in [0.1, 0.15) is 38.4 Å². The van der Waals surface area contributed by atoms with Gasteiger partial charge in [0.15, 0.2) is 0 Å². The van der Waals surface area contributed by atoms with Gasteiger partial charge in [-0.1, -0.05) is 34.1 Å². The molecule has 0 radical (unpaired) electrons. The lowest BCUT2D eigenvalue weighted by Crippen LogP contribution is -2.35. The summed E-state index contributed by atoms with van der Waals surface area (Å²) in [6.45, 7) is 4.22. The Morgan fingerprint density at radius 1 is 1.25 bits per heavy atom. The van der Waals surface area contributed by atoms with Gasteiger partial charge >= 0.3 is 0 Å². The van der Waals surface area contributed by atoms with Crippen LogP contribution < -0.4 is 4.74 Å². The van der Waals surface area contributed by atoms with Crippen molar-refractivity contribution in [3.05, 3.63) is 29.8 Å². The van der Waals surface area contributed by atoms with Gasteiger partial charge in [0.05, 0.1) is 31.5 Å². The molecule has 1 aromatic carbocycles. The first kappa shape index (κ1) is 15.8. The number of methoxy groups -OCH3 is 1. The SMILES string of the molecule is COc1ccccc1C(CBr)OC1CC(C)OC(C)C1. The molecule has 4 heteroatoms. The lowest BCUT2D eigenvalue weighted by Gasteiger charge is -2.34. The highest BCUT2D eigenvalue weighted by Gasteiger charge is 2.28. The Balaban J connectivity index is 2.08. The van der Waals surface area contributed by atoms with Crippen molar-refractivity contribution in [1.29, 1.82) is 0 Å². The molecule has 0 saturated carbocycles. The van der Waals surface area contributed by atoms with Crippen LogP contribution in [0.5, 0.6) is 5.75 Å². The van der Waals surface area contributed by atoms with E-state index in [1.54, 1.807) is 7.11 Å². The minimum Gasteiger partial charge on any atom is -0.496 e. The van der Waals surface area contributed by atoms with Gasteiger partial charge in [0.1, 0.15) is 5.75 Å². The highest BCUT2D eigenvalue weighted by atomic mass is 79.9. The van der Waals surface area contributed by atoms with E-state index in [0.29, 0.717) is 0 Å². The molecule has 20 heavy (non-hydrogen) atoms. The van der Waals surface area contributed by atoms with Crippen molar-refractivity contribution in [2.75, 3.05) is 12.4 Å². The summed E-state index contributed by atoms with van der Waals surface area (Å²) >= 11 is 3.56. The number of benzene rings is 1. The Hall–Kier alpha value is -0.580. The van der Waals surface area contributed by atoms with Crippen LogP contribution in [-0.2, 0) is 9.47 Å². The van der Waals surface area contributed by atoms with E-state index in [1.807, 2.05) is 18.2 Å². The fourth-order valence-corrected chi connectivity index (χ4v) is 3.31. The van der Waals surface area contributed by atoms with Crippen LogP contribution in [0.3, 0.4) is 0 Å². The van der Waals surface area contributed by atoms with E-state index in [1.165, 1.54) is 0 Å². The number of hydrogen-bond acceptors (Lipinski definition) is 3. The number of hydrogen-bond donors (Lipinski definition) is 0. The molecule has 0 bridgehead atoms. The molecule has 3 atom stereocenters. The third-order valence-electron chi connectivity index (χ3n) is 3.64. The molecular formula is C16H23BrO3. The number of rotatable bonds is 5. The van der Waals surface area contributed by atoms with Crippen molar-refractivity contribution in [3.63, 3.8) is 0 Å². The second-order valence-electron chi connectivity index (χ2n) is 5.37. The molecule has 1 heterocycles. The van der Waals surface area contributed by atoms with Crippen LogP contribution in [0.15, 0.2) is 24.3 Å². The van der Waals surface area contributed by atoms with Gasteiger partial charge in [-0.2, -0.15) is 0 Å². The Kier molecular flexibility index (Phi) is 5.87. The number of halogens is 1. The van der Waals surface area contributed by atoms with E-state index >= 15 is 0 Å². The number of para-hydroxylation sites is 1. The Labute approximate surface area is 129 Å². The van der Waals surface area contributed by atoms with E-state index in [0.717, 1.165) is 29.5 Å². The van der Waals surface area contributed by atoms with Crippen LogP contribution in [0, 0.1) is 0 Å². The molecule has 1 aliphatic rings. The smallest absolute Gasteiger partial charge is 0.124 e. The summed E-state index contributed by atoms with van der Waals surface area (Å²) in [5.74, 6) is 0.880. The highest BCUT2D eigenvalue weighted by molar-refractivity contribution is 9.09.